The molecule has 1 fully saturated rings. The Balaban J connectivity index is 1.65. The minimum absolute atomic E-state index is 0.251. The Morgan fingerprint density at radius 1 is 1.22 bits per heavy atom. The molecule has 0 aliphatic heterocycles. The quantitative estimate of drug-likeness (QED) is 0.759. The average molecular weight is 248 g/mol. The molecule has 18 heavy (non-hydrogen) atoms. The van der Waals surface area contributed by atoms with Crippen molar-refractivity contribution >= 4 is 5.69 Å². The lowest BCUT2D eigenvalue weighted by Crippen LogP contribution is -2.61. The van der Waals surface area contributed by atoms with E-state index in [1.165, 1.54) is 5.69 Å². The number of ether oxygens (including phenoxy) is 1. The summed E-state index contributed by atoms with van der Waals surface area (Å²) in [4.78, 5) is 0. The van der Waals surface area contributed by atoms with Crippen molar-refractivity contribution in [2.45, 2.75) is 32.4 Å². The first kappa shape index (κ1) is 13.4. The third-order valence-corrected chi connectivity index (χ3v) is 4.08. The SMILES string of the molecule is COC1CC(NCCNc2ccccc2)C1(C)C. The van der Waals surface area contributed by atoms with Gasteiger partial charge in [0, 0.05) is 37.3 Å². The van der Waals surface area contributed by atoms with Gasteiger partial charge in [-0.1, -0.05) is 32.0 Å². The largest absolute Gasteiger partial charge is 0.384 e. The number of nitrogens with one attached hydrogen (secondary N) is 2. The van der Waals surface area contributed by atoms with Crippen LogP contribution in [-0.2, 0) is 4.74 Å². The summed E-state index contributed by atoms with van der Waals surface area (Å²) in [6.07, 6.45) is 1.52. The summed E-state index contributed by atoms with van der Waals surface area (Å²) in [6.45, 7) is 6.48. The van der Waals surface area contributed by atoms with Crippen molar-refractivity contribution in [3.63, 3.8) is 0 Å². The van der Waals surface area contributed by atoms with Crippen molar-refractivity contribution in [3.05, 3.63) is 30.3 Å². The highest BCUT2D eigenvalue weighted by Crippen LogP contribution is 2.42. The summed E-state index contributed by atoms with van der Waals surface area (Å²) >= 11 is 0. The number of para-hydroxylation sites is 1. The van der Waals surface area contributed by atoms with Crippen LogP contribution < -0.4 is 10.6 Å². The summed E-state index contributed by atoms with van der Waals surface area (Å²) in [6, 6.07) is 10.9. The Hall–Kier alpha value is -1.06. The molecule has 0 heterocycles. The molecule has 3 nitrogen and oxygen atoms in total. The lowest BCUT2D eigenvalue weighted by Gasteiger charge is -2.51. The van der Waals surface area contributed by atoms with Crippen LogP contribution in [0.1, 0.15) is 20.3 Å². The van der Waals surface area contributed by atoms with Crippen LogP contribution >= 0.6 is 0 Å². The maximum atomic E-state index is 5.45. The average Bonchev–Trinajstić information content (AvgIpc) is 2.38. The zero-order chi connectivity index (χ0) is 13.0. The van der Waals surface area contributed by atoms with Gasteiger partial charge in [-0.3, -0.25) is 0 Å². The molecule has 3 heteroatoms. The van der Waals surface area contributed by atoms with Crippen LogP contribution in [0.2, 0.25) is 0 Å². The second-order valence-corrected chi connectivity index (χ2v) is 5.58. The van der Waals surface area contributed by atoms with Gasteiger partial charge in [-0.05, 0) is 18.6 Å². The standard InChI is InChI=1S/C15H24N2O/c1-15(2)13(11-14(15)18-3)17-10-9-16-12-7-5-4-6-8-12/h4-8,13-14,16-17H,9-11H2,1-3H3. The smallest absolute Gasteiger partial charge is 0.0652 e. The summed E-state index contributed by atoms with van der Waals surface area (Å²) in [5.74, 6) is 0. The lowest BCUT2D eigenvalue weighted by atomic mass is 9.64. The van der Waals surface area contributed by atoms with Gasteiger partial charge in [0.25, 0.3) is 0 Å². The fourth-order valence-electron chi connectivity index (χ4n) is 2.64. The fraction of sp³-hybridized carbons (Fsp3) is 0.600. The number of benzene rings is 1. The van der Waals surface area contributed by atoms with Crippen LogP contribution in [0.5, 0.6) is 0 Å². The van der Waals surface area contributed by atoms with Crippen LogP contribution in [-0.4, -0.2) is 32.3 Å². The molecule has 100 valence electrons. The van der Waals surface area contributed by atoms with E-state index in [0.29, 0.717) is 12.1 Å². The van der Waals surface area contributed by atoms with E-state index >= 15 is 0 Å². The van der Waals surface area contributed by atoms with Crippen molar-refractivity contribution in [1.29, 1.82) is 0 Å². The number of methoxy groups -OCH3 is 1. The summed E-state index contributed by atoms with van der Waals surface area (Å²) in [5.41, 5.74) is 1.43. The molecule has 1 aliphatic rings. The molecule has 0 amide bonds. The summed E-state index contributed by atoms with van der Waals surface area (Å²) in [5, 5.41) is 7.01. The van der Waals surface area contributed by atoms with Crippen LogP contribution in [0, 0.1) is 5.41 Å². The molecule has 2 N–H and O–H groups in total. The molecule has 1 aliphatic carbocycles. The molecule has 1 saturated carbocycles. The fourth-order valence-corrected chi connectivity index (χ4v) is 2.64. The van der Waals surface area contributed by atoms with Gasteiger partial charge in [-0.2, -0.15) is 0 Å². The van der Waals surface area contributed by atoms with E-state index in [0.717, 1.165) is 19.5 Å². The Morgan fingerprint density at radius 3 is 2.56 bits per heavy atom. The monoisotopic (exact) mass is 248 g/mol. The van der Waals surface area contributed by atoms with Gasteiger partial charge in [-0.15, -0.1) is 0 Å². The summed E-state index contributed by atoms with van der Waals surface area (Å²) in [7, 11) is 1.81. The van der Waals surface area contributed by atoms with E-state index in [9.17, 15) is 0 Å². The topological polar surface area (TPSA) is 33.3 Å². The maximum absolute atomic E-state index is 5.45. The highest BCUT2D eigenvalue weighted by molar-refractivity contribution is 5.42. The molecule has 0 bridgehead atoms. The predicted octanol–water partition coefficient (Wildman–Crippen LogP) is 2.50. The van der Waals surface area contributed by atoms with E-state index < -0.39 is 0 Å². The third kappa shape index (κ3) is 2.85. The minimum Gasteiger partial charge on any atom is -0.384 e. The zero-order valence-corrected chi connectivity index (χ0v) is 11.6. The van der Waals surface area contributed by atoms with Gasteiger partial charge in [0.15, 0.2) is 0 Å². The molecule has 2 atom stereocenters. The molecule has 2 unspecified atom stereocenters. The molecule has 0 aromatic heterocycles. The van der Waals surface area contributed by atoms with Gasteiger partial charge >= 0.3 is 0 Å². The molecule has 0 spiro atoms. The van der Waals surface area contributed by atoms with Gasteiger partial charge in [-0.25, -0.2) is 0 Å². The summed E-state index contributed by atoms with van der Waals surface area (Å²) < 4.78 is 5.45. The number of anilines is 1. The lowest BCUT2D eigenvalue weighted by molar-refractivity contribution is -0.0969. The van der Waals surface area contributed by atoms with Crippen LogP contribution in [0.25, 0.3) is 0 Å². The predicted molar refractivity (Wildman–Crippen MR) is 75.9 cm³/mol. The first-order valence-electron chi connectivity index (χ1n) is 6.69. The van der Waals surface area contributed by atoms with Crippen molar-refractivity contribution in [2.75, 3.05) is 25.5 Å². The highest BCUT2D eigenvalue weighted by Gasteiger charge is 2.47. The van der Waals surface area contributed by atoms with Gasteiger partial charge in [0.05, 0.1) is 6.10 Å². The van der Waals surface area contributed by atoms with E-state index in [1.807, 2.05) is 18.2 Å². The number of hydrogen-bond acceptors (Lipinski definition) is 3. The number of rotatable bonds is 6. The Morgan fingerprint density at radius 2 is 1.94 bits per heavy atom. The van der Waals surface area contributed by atoms with Crippen LogP contribution in [0.4, 0.5) is 5.69 Å². The minimum atomic E-state index is 0.251. The van der Waals surface area contributed by atoms with Crippen molar-refractivity contribution < 1.29 is 4.74 Å². The first-order valence-corrected chi connectivity index (χ1v) is 6.69. The van der Waals surface area contributed by atoms with Gasteiger partial charge in [0.2, 0.25) is 0 Å². The molecular formula is C15H24N2O. The molecule has 1 aromatic rings. The Kier molecular flexibility index (Phi) is 4.25. The van der Waals surface area contributed by atoms with E-state index in [1.54, 1.807) is 7.11 Å². The second kappa shape index (κ2) is 5.72. The highest BCUT2D eigenvalue weighted by atomic mass is 16.5. The van der Waals surface area contributed by atoms with Crippen LogP contribution in [0.3, 0.4) is 0 Å². The van der Waals surface area contributed by atoms with Crippen molar-refractivity contribution in [1.82, 2.24) is 5.32 Å². The first-order chi connectivity index (χ1) is 8.64. The Labute approximate surface area is 110 Å². The van der Waals surface area contributed by atoms with Crippen molar-refractivity contribution in [3.8, 4) is 0 Å². The second-order valence-electron chi connectivity index (χ2n) is 5.58. The zero-order valence-electron chi connectivity index (χ0n) is 11.6. The van der Waals surface area contributed by atoms with Crippen LogP contribution in [0.15, 0.2) is 30.3 Å². The number of hydrogen-bond donors (Lipinski definition) is 2. The van der Waals surface area contributed by atoms with E-state index in [-0.39, 0.29) is 5.41 Å². The van der Waals surface area contributed by atoms with Crippen molar-refractivity contribution in [2.24, 2.45) is 5.41 Å². The van der Waals surface area contributed by atoms with E-state index in [2.05, 4.69) is 36.6 Å². The molecular weight excluding hydrogens is 224 g/mol. The van der Waals surface area contributed by atoms with E-state index in [4.69, 9.17) is 4.74 Å². The third-order valence-electron chi connectivity index (χ3n) is 4.08. The molecule has 0 radical (unpaired) electrons. The van der Waals surface area contributed by atoms with Gasteiger partial charge < -0.3 is 15.4 Å². The molecule has 2 rings (SSSR count). The molecule has 0 saturated heterocycles. The maximum Gasteiger partial charge on any atom is 0.0652 e. The van der Waals surface area contributed by atoms with Gasteiger partial charge in [0.1, 0.15) is 0 Å². The normalized spacial score (nSPS) is 25.5. The molecule has 1 aromatic carbocycles. The Bertz CT molecular complexity index is 364.